The highest BCUT2D eigenvalue weighted by atomic mass is 16.5. The monoisotopic (exact) mass is 473 g/mol. The van der Waals surface area contributed by atoms with Crippen molar-refractivity contribution in [3.05, 3.63) is 87.3 Å². The van der Waals surface area contributed by atoms with E-state index in [1.54, 1.807) is 49.6 Å². The lowest BCUT2D eigenvalue weighted by molar-refractivity contribution is 0.102. The molecule has 4 aromatic rings. The highest BCUT2D eigenvalue weighted by Gasteiger charge is 2.25. The van der Waals surface area contributed by atoms with Crippen molar-refractivity contribution in [2.75, 3.05) is 12.4 Å². The standard InChI is InChI=1S/C26H27N5O4/c1-29-12-5-6-21(26(29)34)27-25(33)20-14-17-16-31(28-22(17)15-23(20)35-2)19-10-8-18(9-11-19)30-13-4-3-7-24(30)32/h3-7,12-16,18-19H,8-11H2,1-2H3,(H,27,33). The van der Waals surface area contributed by atoms with Gasteiger partial charge in [-0.1, -0.05) is 6.07 Å². The summed E-state index contributed by atoms with van der Waals surface area (Å²) in [4.78, 5) is 37.5. The van der Waals surface area contributed by atoms with Crippen molar-refractivity contribution in [2.24, 2.45) is 7.05 Å². The van der Waals surface area contributed by atoms with Gasteiger partial charge in [-0.2, -0.15) is 5.10 Å². The maximum atomic E-state index is 13.0. The van der Waals surface area contributed by atoms with Crippen molar-refractivity contribution >= 4 is 22.5 Å². The normalized spacial score (nSPS) is 17.9. The molecule has 0 atom stereocenters. The largest absolute Gasteiger partial charge is 0.496 e. The highest BCUT2D eigenvalue weighted by Crippen LogP contribution is 2.35. The molecule has 0 spiro atoms. The number of fused-ring (bicyclic) bond motifs is 1. The molecule has 1 aliphatic carbocycles. The Morgan fingerprint density at radius 2 is 1.80 bits per heavy atom. The fraction of sp³-hybridized carbons (Fsp3) is 0.308. The molecule has 1 aromatic carbocycles. The Balaban J connectivity index is 1.37. The van der Waals surface area contributed by atoms with E-state index in [1.807, 2.05) is 27.7 Å². The molecule has 35 heavy (non-hydrogen) atoms. The third-order valence-electron chi connectivity index (χ3n) is 6.74. The number of aromatic nitrogens is 4. The lowest BCUT2D eigenvalue weighted by atomic mass is 9.91. The van der Waals surface area contributed by atoms with Gasteiger partial charge in [0.25, 0.3) is 17.0 Å². The van der Waals surface area contributed by atoms with Crippen molar-refractivity contribution in [2.45, 2.75) is 37.8 Å². The molecule has 3 heterocycles. The maximum absolute atomic E-state index is 13.0. The Morgan fingerprint density at radius 1 is 1.03 bits per heavy atom. The smallest absolute Gasteiger partial charge is 0.274 e. The van der Waals surface area contributed by atoms with Crippen LogP contribution in [0.25, 0.3) is 10.9 Å². The van der Waals surface area contributed by atoms with Crippen LogP contribution < -0.4 is 21.2 Å². The number of amides is 1. The van der Waals surface area contributed by atoms with Gasteiger partial charge in [0.15, 0.2) is 0 Å². The van der Waals surface area contributed by atoms with E-state index in [9.17, 15) is 14.4 Å². The average molecular weight is 474 g/mol. The third-order valence-corrected chi connectivity index (χ3v) is 6.74. The Hall–Kier alpha value is -4.14. The molecule has 1 fully saturated rings. The van der Waals surface area contributed by atoms with Gasteiger partial charge in [-0.25, -0.2) is 0 Å². The second-order valence-corrected chi connectivity index (χ2v) is 8.92. The van der Waals surface area contributed by atoms with Crippen LogP contribution >= 0.6 is 0 Å². The number of nitrogens with one attached hydrogen (secondary N) is 1. The van der Waals surface area contributed by atoms with Gasteiger partial charge in [0.05, 0.1) is 24.2 Å². The summed E-state index contributed by atoms with van der Waals surface area (Å²) in [5.74, 6) is -0.0335. The van der Waals surface area contributed by atoms with Gasteiger partial charge in [-0.3, -0.25) is 19.1 Å². The lowest BCUT2D eigenvalue weighted by Crippen LogP contribution is -2.27. The van der Waals surface area contributed by atoms with Crippen LogP contribution in [0.3, 0.4) is 0 Å². The molecule has 3 aromatic heterocycles. The quantitative estimate of drug-likeness (QED) is 0.478. The van der Waals surface area contributed by atoms with E-state index in [0.29, 0.717) is 11.3 Å². The van der Waals surface area contributed by atoms with E-state index in [4.69, 9.17) is 9.84 Å². The zero-order valence-corrected chi connectivity index (χ0v) is 19.7. The lowest BCUT2D eigenvalue weighted by Gasteiger charge is -2.29. The van der Waals surface area contributed by atoms with Crippen molar-refractivity contribution in [1.82, 2.24) is 18.9 Å². The number of pyridine rings is 2. The SMILES string of the molecule is COc1cc2nn(C3CCC(n4ccccc4=O)CC3)cc2cc1C(=O)Nc1cccn(C)c1=O. The van der Waals surface area contributed by atoms with Crippen LogP contribution in [0.4, 0.5) is 5.69 Å². The highest BCUT2D eigenvalue weighted by molar-refractivity contribution is 6.08. The Morgan fingerprint density at radius 3 is 2.54 bits per heavy atom. The first kappa shape index (κ1) is 22.6. The van der Waals surface area contributed by atoms with Gasteiger partial charge in [0.1, 0.15) is 11.4 Å². The summed E-state index contributed by atoms with van der Waals surface area (Å²) in [7, 11) is 3.13. The Labute approximate surface area is 201 Å². The molecule has 5 rings (SSSR count). The molecule has 0 aliphatic heterocycles. The molecule has 0 bridgehead atoms. The first-order chi connectivity index (χ1) is 16.9. The second-order valence-electron chi connectivity index (χ2n) is 8.92. The van der Waals surface area contributed by atoms with Crippen LogP contribution in [0.15, 0.2) is 70.6 Å². The predicted molar refractivity (Wildman–Crippen MR) is 133 cm³/mol. The zero-order valence-electron chi connectivity index (χ0n) is 19.7. The van der Waals surface area contributed by atoms with Crippen LogP contribution in [-0.4, -0.2) is 31.9 Å². The summed E-state index contributed by atoms with van der Waals surface area (Å²) in [5, 5.41) is 8.27. The van der Waals surface area contributed by atoms with E-state index in [-0.39, 0.29) is 28.9 Å². The van der Waals surface area contributed by atoms with E-state index in [1.165, 1.54) is 11.7 Å². The van der Waals surface area contributed by atoms with Crippen LogP contribution in [0.1, 0.15) is 48.1 Å². The van der Waals surface area contributed by atoms with E-state index in [2.05, 4.69) is 5.32 Å². The van der Waals surface area contributed by atoms with E-state index in [0.717, 1.165) is 36.6 Å². The number of carbonyl (C=O) groups is 1. The number of carbonyl (C=O) groups excluding carboxylic acids is 1. The molecule has 9 nitrogen and oxygen atoms in total. The van der Waals surface area contributed by atoms with Gasteiger partial charge in [0.2, 0.25) is 0 Å². The van der Waals surface area contributed by atoms with Crippen LogP contribution in [-0.2, 0) is 7.05 Å². The summed E-state index contributed by atoms with van der Waals surface area (Å²) in [6.07, 6.45) is 9.04. The summed E-state index contributed by atoms with van der Waals surface area (Å²) >= 11 is 0. The number of aryl methyl sites for hydroxylation is 1. The molecule has 0 saturated heterocycles. The summed E-state index contributed by atoms with van der Waals surface area (Å²) in [6.45, 7) is 0. The minimum atomic E-state index is -0.423. The summed E-state index contributed by atoms with van der Waals surface area (Å²) in [5.41, 5.74) is 1.01. The molecular formula is C26H27N5O4. The molecule has 1 amide bonds. The Bertz CT molecular complexity index is 1510. The molecule has 1 aliphatic rings. The van der Waals surface area contributed by atoms with Crippen molar-refractivity contribution in [3.8, 4) is 5.75 Å². The third kappa shape index (κ3) is 4.37. The number of hydrogen-bond acceptors (Lipinski definition) is 5. The van der Waals surface area contributed by atoms with Crippen LogP contribution in [0, 0.1) is 0 Å². The van der Waals surface area contributed by atoms with Gasteiger partial charge in [-0.15, -0.1) is 0 Å². The van der Waals surface area contributed by atoms with E-state index >= 15 is 0 Å². The van der Waals surface area contributed by atoms with Crippen LogP contribution in [0.2, 0.25) is 0 Å². The maximum Gasteiger partial charge on any atom is 0.274 e. The van der Waals surface area contributed by atoms with Crippen molar-refractivity contribution in [3.63, 3.8) is 0 Å². The molecule has 9 heteroatoms. The van der Waals surface area contributed by atoms with Crippen molar-refractivity contribution < 1.29 is 9.53 Å². The first-order valence-corrected chi connectivity index (χ1v) is 11.7. The summed E-state index contributed by atoms with van der Waals surface area (Å²) < 4.78 is 10.7. The average Bonchev–Trinajstić information content (AvgIpc) is 3.29. The molecule has 0 radical (unpaired) electrons. The first-order valence-electron chi connectivity index (χ1n) is 11.7. The fourth-order valence-corrected chi connectivity index (χ4v) is 4.83. The minimum Gasteiger partial charge on any atom is -0.496 e. The predicted octanol–water partition coefficient (Wildman–Crippen LogP) is 3.51. The number of methoxy groups -OCH3 is 1. The topological polar surface area (TPSA) is 100 Å². The van der Waals surface area contributed by atoms with Gasteiger partial charge < -0.3 is 19.2 Å². The Kier molecular flexibility index (Phi) is 5.98. The molecule has 1 saturated carbocycles. The second kappa shape index (κ2) is 9.25. The minimum absolute atomic E-state index is 0.0343. The van der Waals surface area contributed by atoms with Gasteiger partial charge in [-0.05, 0) is 49.9 Å². The molecule has 180 valence electrons. The number of nitrogens with zero attached hydrogens (tertiary/aromatic N) is 4. The number of hydrogen-bond donors (Lipinski definition) is 1. The summed E-state index contributed by atoms with van der Waals surface area (Å²) in [6, 6.07) is 12.4. The van der Waals surface area contributed by atoms with Crippen molar-refractivity contribution in [1.29, 1.82) is 0 Å². The number of rotatable bonds is 5. The molecular weight excluding hydrogens is 446 g/mol. The molecule has 1 N–H and O–H groups in total. The van der Waals surface area contributed by atoms with Crippen LogP contribution in [0.5, 0.6) is 5.75 Å². The number of ether oxygens (including phenoxy) is 1. The van der Waals surface area contributed by atoms with E-state index < -0.39 is 5.91 Å². The van der Waals surface area contributed by atoms with Gasteiger partial charge in [0, 0.05) is 49.2 Å². The fourth-order valence-electron chi connectivity index (χ4n) is 4.83. The number of benzene rings is 1. The molecule has 0 unspecified atom stereocenters. The number of anilines is 1. The zero-order chi connectivity index (χ0) is 24.5. The van der Waals surface area contributed by atoms with Gasteiger partial charge >= 0.3 is 0 Å².